The molecule has 2 amide bonds. The van der Waals surface area contributed by atoms with Crippen molar-refractivity contribution in [1.82, 2.24) is 5.06 Å². The maximum Gasteiger partial charge on any atom is 0.351 e. The molecule has 1 rings (SSSR count). The lowest BCUT2D eigenvalue weighted by Gasteiger charge is -2.17. The number of aliphatic hydroxyl groups is 1. The fourth-order valence-electron chi connectivity index (χ4n) is 1.62. The molecular weight excluding hydrogens is 357 g/mol. The van der Waals surface area contributed by atoms with Gasteiger partial charge >= 0.3 is 17.9 Å². The van der Waals surface area contributed by atoms with Crippen LogP contribution in [-0.2, 0) is 38.3 Å². The SMILES string of the molecule is CC(C)COC(=O)[C@H](P)OC(=O)[C@@H](O)CC(=O)ON1C(=O)CCC1=O. The van der Waals surface area contributed by atoms with E-state index in [9.17, 15) is 29.1 Å². The van der Waals surface area contributed by atoms with Gasteiger partial charge in [0.1, 0.15) is 0 Å². The third-order valence-corrected chi connectivity index (χ3v) is 3.27. The Kier molecular flexibility index (Phi) is 7.92. The van der Waals surface area contributed by atoms with E-state index >= 15 is 0 Å². The van der Waals surface area contributed by atoms with Crippen LogP contribution in [0.5, 0.6) is 0 Å². The lowest BCUT2D eigenvalue weighted by atomic mass is 10.2. The lowest BCUT2D eigenvalue weighted by molar-refractivity contribution is -0.199. The number of carbonyl (C=O) groups excluding carboxylic acids is 5. The average Bonchev–Trinajstić information content (AvgIpc) is 2.84. The van der Waals surface area contributed by atoms with Crippen LogP contribution < -0.4 is 0 Å². The number of rotatable bonds is 8. The average molecular weight is 377 g/mol. The minimum absolute atomic E-state index is 0.0794. The molecule has 10 nitrogen and oxygen atoms in total. The Bertz CT molecular complexity index is 547. The summed E-state index contributed by atoms with van der Waals surface area (Å²) in [7, 11) is 1.93. The first-order chi connectivity index (χ1) is 11.6. The summed E-state index contributed by atoms with van der Waals surface area (Å²) in [6.07, 6.45) is -2.94. The molecule has 0 radical (unpaired) electrons. The van der Waals surface area contributed by atoms with E-state index in [0.717, 1.165) is 0 Å². The minimum Gasteiger partial charge on any atom is -0.462 e. The fraction of sp³-hybridized carbons (Fsp3) is 0.643. The quantitative estimate of drug-likeness (QED) is 0.330. The number of carbonyl (C=O) groups is 5. The van der Waals surface area contributed by atoms with Crippen molar-refractivity contribution in [2.45, 2.75) is 45.1 Å². The zero-order valence-electron chi connectivity index (χ0n) is 13.8. The van der Waals surface area contributed by atoms with Gasteiger partial charge in [0.05, 0.1) is 13.0 Å². The largest absolute Gasteiger partial charge is 0.462 e. The van der Waals surface area contributed by atoms with Crippen molar-refractivity contribution in [3.05, 3.63) is 0 Å². The highest BCUT2D eigenvalue weighted by molar-refractivity contribution is 7.19. The van der Waals surface area contributed by atoms with Gasteiger partial charge in [0.15, 0.2) is 6.10 Å². The van der Waals surface area contributed by atoms with Crippen molar-refractivity contribution in [3.8, 4) is 0 Å². The third-order valence-electron chi connectivity index (χ3n) is 2.87. The summed E-state index contributed by atoms with van der Waals surface area (Å²) < 4.78 is 9.51. The second-order valence-electron chi connectivity index (χ2n) is 5.65. The van der Waals surface area contributed by atoms with Crippen LogP contribution >= 0.6 is 9.24 Å². The number of imide groups is 1. The second-order valence-corrected chi connectivity index (χ2v) is 6.25. The van der Waals surface area contributed by atoms with E-state index in [-0.39, 0.29) is 25.4 Å². The predicted molar refractivity (Wildman–Crippen MR) is 83.2 cm³/mol. The number of amides is 2. The van der Waals surface area contributed by atoms with Gasteiger partial charge in [-0.3, -0.25) is 9.59 Å². The van der Waals surface area contributed by atoms with Crippen LogP contribution in [0.15, 0.2) is 0 Å². The van der Waals surface area contributed by atoms with Crippen LogP contribution in [0.1, 0.15) is 33.1 Å². The van der Waals surface area contributed by atoms with Crippen molar-refractivity contribution in [1.29, 1.82) is 0 Å². The molecule has 1 saturated heterocycles. The number of ether oxygens (including phenoxy) is 2. The second kappa shape index (κ2) is 9.43. The van der Waals surface area contributed by atoms with Gasteiger partial charge in [0.25, 0.3) is 11.8 Å². The van der Waals surface area contributed by atoms with Gasteiger partial charge in [0.2, 0.25) is 5.85 Å². The molecule has 1 fully saturated rings. The zero-order chi connectivity index (χ0) is 19.1. The molecule has 1 aliphatic heterocycles. The summed E-state index contributed by atoms with van der Waals surface area (Å²) in [6.45, 7) is 3.78. The van der Waals surface area contributed by atoms with Crippen LogP contribution in [0.4, 0.5) is 0 Å². The topological polar surface area (TPSA) is 137 Å². The number of aliphatic hydroxyl groups excluding tert-OH is 1. The van der Waals surface area contributed by atoms with Crippen molar-refractivity contribution in [2.75, 3.05) is 6.61 Å². The molecular formula is C14H20NO9P. The normalized spacial score (nSPS) is 16.6. The van der Waals surface area contributed by atoms with E-state index < -0.39 is 48.1 Å². The maximum absolute atomic E-state index is 11.6. The first-order valence-corrected chi connectivity index (χ1v) is 8.15. The molecule has 1 aliphatic rings. The van der Waals surface area contributed by atoms with Crippen molar-refractivity contribution in [3.63, 3.8) is 0 Å². The number of nitrogens with zero attached hydrogens (tertiary/aromatic N) is 1. The Morgan fingerprint density at radius 1 is 1.16 bits per heavy atom. The maximum atomic E-state index is 11.6. The van der Waals surface area contributed by atoms with Crippen LogP contribution in [-0.4, -0.2) is 58.4 Å². The molecule has 3 atom stereocenters. The molecule has 25 heavy (non-hydrogen) atoms. The highest BCUT2D eigenvalue weighted by Crippen LogP contribution is 2.14. The van der Waals surface area contributed by atoms with Gasteiger partial charge in [-0.15, -0.1) is 5.06 Å². The van der Waals surface area contributed by atoms with Gasteiger partial charge in [-0.1, -0.05) is 23.1 Å². The van der Waals surface area contributed by atoms with E-state index in [1.54, 1.807) is 0 Å². The van der Waals surface area contributed by atoms with E-state index in [4.69, 9.17) is 4.74 Å². The van der Waals surface area contributed by atoms with Crippen LogP contribution in [0, 0.1) is 5.92 Å². The Hall–Kier alpha value is -2.06. The molecule has 1 heterocycles. The van der Waals surface area contributed by atoms with Gasteiger partial charge in [-0.05, 0) is 5.92 Å². The molecule has 140 valence electrons. The Labute approximate surface area is 145 Å². The van der Waals surface area contributed by atoms with E-state index in [1.165, 1.54) is 0 Å². The number of hydroxylamine groups is 2. The molecule has 1 N–H and O–H groups in total. The first-order valence-electron chi connectivity index (χ1n) is 7.49. The number of hydrogen-bond donors (Lipinski definition) is 1. The highest BCUT2D eigenvalue weighted by Gasteiger charge is 2.34. The smallest absolute Gasteiger partial charge is 0.351 e. The summed E-state index contributed by atoms with van der Waals surface area (Å²) >= 11 is 0. The van der Waals surface area contributed by atoms with Crippen LogP contribution in [0.2, 0.25) is 0 Å². The first kappa shape index (κ1) is 21.0. The third kappa shape index (κ3) is 6.75. The van der Waals surface area contributed by atoms with Gasteiger partial charge in [-0.2, -0.15) is 0 Å². The van der Waals surface area contributed by atoms with Crippen molar-refractivity contribution < 1.29 is 43.4 Å². The molecule has 0 spiro atoms. The molecule has 0 aromatic heterocycles. The van der Waals surface area contributed by atoms with E-state index in [1.807, 2.05) is 23.1 Å². The van der Waals surface area contributed by atoms with Crippen molar-refractivity contribution >= 4 is 39.0 Å². The zero-order valence-corrected chi connectivity index (χ0v) is 15.0. The predicted octanol–water partition coefficient (Wildman–Crippen LogP) is -0.712. The molecule has 0 saturated carbocycles. The molecule has 0 bridgehead atoms. The monoisotopic (exact) mass is 377 g/mol. The van der Waals surface area contributed by atoms with E-state index in [0.29, 0.717) is 5.06 Å². The standard InChI is InChI=1S/C14H20NO9P/c1-7(2)6-22-13(21)14(25)23-12(20)8(16)5-11(19)24-15-9(17)3-4-10(15)18/h7-8,14,16H,3-6,25H2,1-2H3/t8-,14-/m0/s1. The molecule has 11 heteroatoms. The highest BCUT2D eigenvalue weighted by atomic mass is 31.0. The number of esters is 2. The molecule has 0 aromatic carbocycles. The summed E-state index contributed by atoms with van der Waals surface area (Å²) in [5.41, 5.74) is 0. The number of hydrogen-bond acceptors (Lipinski definition) is 9. The summed E-state index contributed by atoms with van der Waals surface area (Å²) in [4.78, 5) is 61.9. The van der Waals surface area contributed by atoms with Crippen LogP contribution in [0.25, 0.3) is 0 Å². The molecule has 1 unspecified atom stereocenters. The summed E-state index contributed by atoms with van der Waals surface area (Å²) in [5, 5.41) is 9.91. The van der Waals surface area contributed by atoms with Gasteiger partial charge < -0.3 is 19.4 Å². The van der Waals surface area contributed by atoms with Crippen LogP contribution in [0.3, 0.4) is 0 Å². The Morgan fingerprint density at radius 2 is 1.72 bits per heavy atom. The summed E-state index contributed by atoms with van der Waals surface area (Å²) in [6, 6.07) is 0. The lowest BCUT2D eigenvalue weighted by Crippen LogP contribution is -2.36. The Balaban J connectivity index is 2.42. The minimum atomic E-state index is -1.93. The fourth-order valence-corrected chi connectivity index (χ4v) is 1.85. The Morgan fingerprint density at radius 3 is 2.24 bits per heavy atom. The molecule has 0 aromatic rings. The molecule has 0 aliphatic carbocycles. The van der Waals surface area contributed by atoms with E-state index in [2.05, 4.69) is 9.57 Å². The summed E-state index contributed by atoms with van der Waals surface area (Å²) in [5.74, 6) is -5.88. The van der Waals surface area contributed by atoms with Gasteiger partial charge in [-0.25, -0.2) is 14.4 Å². The van der Waals surface area contributed by atoms with Crippen molar-refractivity contribution in [2.24, 2.45) is 5.92 Å². The van der Waals surface area contributed by atoms with Gasteiger partial charge in [0, 0.05) is 12.8 Å².